The third-order valence-corrected chi connectivity index (χ3v) is 3.17. The summed E-state index contributed by atoms with van der Waals surface area (Å²) in [6.45, 7) is 14.0. The highest BCUT2D eigenvalue weighted by atomic mass is 14.5. The molecule has 1 aromatic rings. The molecule has 0 aliphatic heterocycles. The van der Waals surface area contributed by atoms with Crippen molar-refractivity contribution in [2.75, 3.05) is 26.2 Å². The van der Waals surface area contributed by atoms with Crippen molar-refractivity contribution in [3.05, 3.63) is 35.9 Å². The highest BCUT2D eigenvalue weighted by Gasteiger charge is 1.72. The zero-order valence-electron chi connectivity index (χ0n) is 19.2. The average molecular weight is 385 g/mol. The van der Waals surface area contributed by atoms with E-state index in [0.29, 0.717) is 0 Å². The SMILES string of the molecule is CCCCN.CCCCN.CCCCN.CCCCN.Cc1ccccc1. The van der Waals surface area contributed by atoms with Crippen LogP contribution in [-0.4, -0.2) is 26.2 Å². The van der Waals surface area contributed by atoms with E-state index in [9.17, 15) is 0 Å². The highest BCUT2D eigenvalue weighted by Crippen LogP contribution is 1.92. The van der Waals surface area contributed by atoms with Crippen molar-refractivity contribution in [3.63, 3.8) is 0 Å². The van der Waals surface area contributed by atoms with Crippen LogP contribution in [0.3, 0.4) is 0 Å². The summed E-state index contributed by atoms with van der Waals surface area (Å²) in [6, 6.07) is 10.3. The largest absolute Gasteiger partial charge is 0.330 e. The number of nitrogens with two attached hydrogens (primary N) is 4. The van der Waals surface area contributed by atoms with E-state index in [-0.39, 0.29) is 0 Å². The van der Waals surface area contributed by atoms with Gasteiger partial charge in [0.05, 0.1) is 0 Å². The van der Waals surface area contributed by atoms with Crippen LogP contribution < -0.4 is 22.9 Å². The standard InChI is InChI=1S/C7H8.4C4H11N/c1-7-5-3-2-4-6-7;4*1-2-3-4-5/h2-6H,1H3;4*2-5H2,1H3. The number of rotatable bonds is 8. The van der Waals surface area contributed by atoms with Crippen molar-refractivity contribution in [1.29, 1.82) is 0 Å². The molecule has 0 heterocycles. The molecule has 0 saturated carbocycles. The van der Waals surface area contributed by atoms with Gasteiger partial charge in [-0.2, -0.15) is 0 Å². The van der Waals surface area contributed by atoms with Gasteiger partial charge in [-0.1, -0.05) is 89.3 Å². The van der Waals surface area contributed by atoms with Crippen molar-refractivity contribution >= 4 is 0 Å². The lowest BCUT2D eigenvalue weighted by molar-refractivity contribution is 0.807. The third kappa shape index (κ3) is 58.8. The van der Waals surface area contributed by atoms with Crippen LogP contribution in [0.15, 0.2) is 30.3 Å². The second-order valence-corrected chi connectivity index (χ2v) is 6.22. The molecule has 0 radical (unpaired) electrons. The molecule has 0 aliphatic rings. The first kappa shape index (κ1) is 33.6. The van der Waals surface area contributed by atoms with Crippen LogP contribution in [0, 0.1) is 6.92 Å². The molecule has 1 aromatic carbocycles. The van der Waals surface area contributed by atoms with Gasteiger partial charge in [0, 0.05) is 0 Å². The molecule has 8 N–H and O–H groups in total. The van der Waals surface area contributed by atoms with Crippen LogP contribution in [-0.2, 0) is 0 Å². The Balaban J connectivity index is -0.000000124. The van der Waals surface area contributed by atoms with Crippen LogP contribution in [0.2, 0.25) is 0 Å². The minimum atomic E-state index is 0.844. The van der Waals surface area contributed by atoms with E-state index in [2.05, 4.69) is 46.8 Å². The Morgan fingerprint density at radius 3 is 0.852 bits per heavy atom. The van der Waals surface area contributed by atoms with Gasteiger partial charge in [0.1, 0.15) is 0 Å². The minimum absolute atomic E-state index is 0.844. The summed E-state index contributed by atoms with van der Waals surface area (Å²) in [6.07, 6.45) is 9.54. The van der Waals surface area contributed by atoms with E-state index >= 15 is 0 Å². The van der Waals surface area contributed by atoms with E-state index in [0.717, 1.165) is 26.2 Å². The fourth-order valence-corrected chi connectivity index (χ4v) is 1.35. The molecule has 4 heteroatoms. The predicted molar refractivity (Wildman–Crippen MR) is 127 cm³/mol. The maximum atomic E-state index is 5.14. The van der Waals surface area contributed by atoms with Gasteiger partial charge in [-0.05, 0) is 58.8 Å². The summed E-state index contributed by atoms with van der Waals surface area (Å²) in [4.78, 5) is 0. The monoisotopic (exact) mass is 384 g/mol. The quantitative estimate of drug-likeness (QED) is 0.507. The Morgan fingerprint density at radius 2 is 0.778 bits per heavy atom. The summed E-state index contributed by atoms with van der Waals surface area (Å²) >= 11 is 0. The van der Waals surface area contributed by atoms with Crippen molar-refractivity contribution in [2.45, 2.75) is 86.0 Å². The molecule has 27 heavy (non-hydrogen) atoms. The Morgan fingerprint density at radius 1 is 0.519 bits per heavy atom. The topological polar surface area (TPSA) is 104 Å². The predicted octanol–water partition coefficient (Wildman–Crippen LogP) is 4.98. The van der Waals surface area contributed by atoms with Gasteiger partial charge in [0.15, 0.2) is 0 Å². The maximum Gasteiger partial charge on any atom is -0.00774 e. The number of unbranched alkanes of at least 4 members (excludes halogenated alkanes) is 4. The fourth-order valence-electron chi connectivity index (χ4n) is 1.35. The number of benzene rings is 1. The lowest BCUT2D eigenvalue weighted by Gasteiger charge is -1.82. The van der Waals surface area contributed by atoms with Gasteiger partial charge in [-0.25, -0.2) is 0 Å². The highest BCUT2D eigenvalue weighted by molar-refractivity contribution is 5.11. The van der Waals surface area contributed by atoms with E-state index in [1.807, 2.05) is 18.2 Å². The Bertz CT molecular complexity index is 260. The summed E-state index contributed by atoms with van der Waals surface area (Å²) in [5.74, 6) is 0. The lowest BCUT2D eigenvalue weighted by atomic mass is 10.2. The molecule has 0 aromatic heterocycles. The molecule has 0 unspecified atom stereocenters. The molecule has 0 amide bonds. The molecular weight excluding hydrogens is 332 g/mol. The van der Waals surface area contributed by atoms with Crippen LogP contribution in [0.1, 0.15) is 84.6 Å². The molecule has 0 bridgehead atoms. The van der Waals surface area contributed by atoms with E-state index in [1.165, 1.54) is 56.9 Å². The zero-order valence-corrected chi connectivity index (χ0v) is 19.2. The Kier molecular flexibility index (Phi) is 49.7. The van der Waals surface area contributed by atoms with Gasteiger partial charge in [-0.15, -0.1) is 0 Å². The molecule has 0 atom stereocenters. The third-order valence-electron chi connectivity index (χ3n) is 3.17. The van der Waals surface area contributed by atoms with E-state index in [1.54, 1.807) is 0 Å². The minimum Gasteiger partial charge on any atom is -0.330 e. The first-order valence-electron chi connectivity index (χ1n) is 10.9. The summed E-state index contributed by atoms with van der Waals surface area (Å²) in [5, 5.41) is 0. The maximum absolute atomic E-state index is 5.14. The second kappa shape index (κ2) is 39.9. The first-order valence-corrected chi connectivity index (χ1v) is 10.9. The first-order chi connectivity index (χ1) is 13.1. The summed E-state index contributed by atoms with van der Waals surface area (Å²) in [5.41, 5.74) is 21.9. The Labute approximate surface area is 171 Å². The lowest BCUT2D eigenvalue weighted by Crippen LogP contribution is -1.95. The van der Waals surface area contributed by atoms with Gasteiger partial charge >= 0.3 is 0 Å². The van der Waals surface area contributed by atoms with Gasteiger partial charge in [-0.3, -0.25) is 0 Å². The van der Waals surface area contributed by atoms with Crippen LogP contribution >= 0.6 is 0 Å². The molecule has 1 rings (SSSR count). The van der Waals surface area contributed by atoms with Crippen molar-refractivity contribution in [2.24, 2.45) is 22.9 Å². The smallest absolute Gasteiger partial charge is 0.00774 e. The molecule has 0 fully saturated rings. The van der Waals surface area contributed by atoms with Gasteiger partial charge < -0.3 is 22.9 Å². The molecule has 0 aliphatic carbocycles. The van der Waals surface area contributed by atoms with Crippen molar-refractivity contribution in [3.8, 4) is 0 Å². The van der Waals surface area contributed by atoms with Crippen molar-refractivity contribution < 1.29 is 0 Å². The fraction of sp³-hybridized carbons (Fsp3) is 0.739. The van der Waals surface area contributed by atoms with Gasteiger partial charge in [0.25, 0.3) is 0 Å². The number of aryl methyl sites for hydroxylation is 1. The average Bonchev–Trinajstić information content (AvgIpc) is 2.67. The van der Waals surface area contributed by atoms with Crippen LogP contribution in [0.4, 0.5) is 0 Å². The Hall–Kier alpha value is -0.940. The number of hydrogen-bond acceptors (Lipinski definition) is 4. The summed E-state index contributed by atoms with van der Waals surface area (Å²) < 4.78 is 0. The molecule has 4 nitrogen and oxygen atoms in total. The second-order valence-electron chi connectivity index (χ2n) is 6.22. The molecular formula is C23H52N4. The van der Waals surface area contributed by atoms with E-state index in [4.69, 9.17) is 22.9 Å². The van der Waals surface area contributed by atoms with Crippen molar-refractivity contribution in [1.82, 2.24) is 0 Å². The van der Waals surface area contributed by atoms with Gasteiger partial charge in [0.2, 0.25) is 0 Å². The molecule has 0 spiro atoms. The normalized spacial score (nSPS) is 8.48. The van der Waals surface area contributed by atoms with Crippen LogP contribution in [0.25, 0.3) is 0 Å². The molecule has 164 valence electrons. The summed E-state index contributed by atoms with van der Waals surface area (Å²) in [7, 11) is 0. The van der Waals surface area contributed by atoms with E-state index < -0.39 is 0 Å². The number of hydrogen-bond donors (Lipinski definition) is 4. The van der Waals surface area contributed by atoms with Crippen LogP contribution in [0.5, 0.6) is 0 Å². The zero-order chi connectivity index (χ0) is 21.6. The molecule has 0 saturated heterocycles.